The summed E-state index contributed by atoms with van der Waals surface area (Å²) in [5.74, 6) is 0.744. The molecule has 1 unspecified atom stereocenters. The Kier molecular flexibility index (Phi) is 4.77. The molecule has 0 spiro atoms. The van der Waals surface area contributed by atoms with Crippen LogP contribution in [0, 0.1) is 6.92 Å². The van der Waals surface area contributed by atoms with Crippen molar-refractivity contribution in [3.8, 4) is 0 Å². The van der Waals surface area contributed by atoms with Crippen molar-refractivity contribution in [3.63, 3.8) is 0 Å². The first-order valence-electron chi connectivity index (χ1n) is 5.15. The fourth-order valence-electron chi connectivity index (χ4n) is 1.78. The average molecular weight is 263 g/mol. The molecule has 90 valence electrons. The third-order valence-electron chi connectivity index (χ3n) is 2.57. The fourth-order valence-corrected chi connectivity index (χ4v) is 2.02. The third kappa shape index (κ3) is 2.97. The summed E-state index contributed by atoms with van der Waals surface area (Å²) in [6.07, 6.45) is 0. The Hall–Kier alpha value is -0.580. The first-order chi connectivity index (χ1) is 7.16. The molecule has 1 aromatic rings. The SMILES string of the molecule is Cc1cc(Cl)nc(N2CCNCC2C)n1.Cl. The predicted octanol–water partition coefficient (Wildman–Crippen LogP) is 1.66. The van der Waals surface area contributed by atoms with Crippen LogP contribution in [0.4, 0.5) is 5.95 Å². The lowest BCUT2D eigenvalue weighted by Crippen LogP contribution is -2.50. The van der Waals surface area contributed by atoms with Crippen molar-refractivity contribution in [3.05, 3.63) is 16.9 Å². The molecule has 1 N–H and O–H groups in total. The molecule has 1 saturated heterocycles. The molecular formula is C10H16Cl2N4. The van der Waals surface area contributed by atoms with Crippen molar-refractivity contribution < 1.29 is 0 Å². The predicted molar refractivity (Wildman–Crippen MR) is 68.7 cm³/mol. The Morgan fingerprint density at radius 1 is 1.50 bits per heavy atom. The molecule has 0 saturated carbocycles. The van der Waals surface area contributed by atoms with E-state index in [1.165, 1.54) is 0 Å². The summed E-state index contributed by atoms with van der Waals surface area (Å²) in [7, 11) is 0. The molecule has 2 heterocycles. The summed E-state index contributed by atoms with van der Waals surface area (Å²) in [6, 6.07) is 2.19. The number of rotatable bonds is 1. The molecule has 0 bridgehead atoms. The molecule has 1 aliphatic heterocycles. The third-order valence-corrected chi connectivity index (χ3v) is 2.76. The Morgan fingerprint density at radius 3 is 2.88 bits per heavy atom. The Bertz CT molecular complexity index is 338. The molecule has 6 heteroatoms. The lowest BCUT2D eigenvalue weighted by atomic mass is 10.2. The van der Waals surface area contributed by atoms with Crippen molar-refractivity contribution in [1.29, 1.82) is 0 Å². The standard InChI is InChI=1S/C10H15ClN4.ClH/c1-7-5-9(11)14-10(13-7)15-4-3-12-6-8(15)2;/h5,8,12H,3-4,6H2,1-2H3;1H. The van der Waals surface area contributed by atoms with E-state index in [1.54, 1.807) is 6.07 Å². The molecule has 4 nitrogen and oxygen atoms in total. The second-order valence-corrected chi connectivity index (χ2v) is 4.27. The minimum atomic E-state index is 0. The van der Waals surface area contributed by atoms with Crippen LogP contribution in [0.5, 0.6) is 0 Å². The number of halogens is 2. The maximum atomic E-state index is 5.92. The molecule has 0 radical (unpaired) electrons. The fraction of sp³-hybridized carbons (Fsp3) is 0.600. The number of aromatic nitrogens is 2. The molecule has 16 heavy (non-hydrogen) atoms. The van der Waals surface area contributed by atoms with Gasteiger partial charge < -0.3 is 10.2 Å². The molecule has 0 amide bonds. The molecule has 0 aromatic carbocycles. The van der Waals surface area contributed by atoms with Crippen LogP contribution in [0.2, 0.25) is 5.15 Å². The Labute approximate surface area is 107 Å². The summed E-state index contributed by atoms with van der Waals surface area (Å²) in [6.45, 7) is 6.96. The van der Waals surface area contributed by atoms with Gasteiger partial charge in [-0.3, -0.25) is 0 Å². The highest BCUT2D eigenvalue weighted by molar-refractivity contribution is 6.29. The molecule has 2 rings (SSSR count). The van der Waals surface area contributed by atoms with Crippen molar-refractivity contribution in [2.24, 2.45) is 0 Å². The molecule has 1 fully saturated rings. The number of nitrogens with one attached hydrogen (secondary N) is 1. The quantitative estimate of drug-likeness (QED) is 0.782. The summed E-state index contributed by atoms with van der Waals surface area (Å²) in [4.78, 5) is 10.9. The van der Waals surface area contributed by atoms with Crippen LogP contribution in [0.25, 0.3) is 0 Å². The monoisotopic (exact) mass is 262 g/mol. The largest absolute Gasteiger partial charge is 0.336 e. The van der Waals surface area contributed by atoms with Crippen molar-refractivity contribution in [1.82, 2.24) is 15.3 Å². The summed E-state index contributed by atoms with van der Waals surface area (Å²) in [5.41, 5.74) is 0.913. The van der Waals surface area contributed by atoms with E-state index in [0.29, 0.717) is 11.2 Å². The summed E-state index contributed by atoms with van der Waals surface area (Å²) >= 11 is 5.92. The van der Waals surface area contributed by atoms with E-state index in [1.807, 2.05) is 6.92 Å². The highest BCUT2D eigenvalue weighted by atomic mass is 35.5. The van der Waals surface area contributed by atoms with Crippen molar-refractivity contribution >= 4 is 30.0 Å². The smallest absolute Gasteiger partial charge is 0.227 e. The van der Waals surface area contributed by atoms with Gasteiger partial charge in [-0.15, -0.1) is 12.4 Å². The molecule has 1 aliphatic rings. The zero-order valence-corrected chi connectivity index (χ0v) is 11.0. The van der Waals surface area contributed by atoms with Gasteiger partial charge in [-0.2, -0.15) is 0 Å². The first kappa shape index (κ1) is 13.5. The highest BCUT2D eigenvalue weighted by Crippen LogP contribution is 2.16. The lowest BCUT2D eigenvalue weighted by molar-refractivity contribution is 0.492. The van der Waals surface area contributed by atoms with Crippen LogP contribution in [0.1, 0.15) is 12.6 Å². The zero-order chi connectivity index (χ0) is 10.8. The van der Waals surface area contributed by atoms with Crippen LogP contribution < -0.4 is 10.2 Å². The van der Waals surface area contributed by atoms with E-state index in [4.69, 9.17) is 11.6 Å². The van der Waals surface area contributed by atoms with E-state index in [9.17, 15) is 0 Å². The number of aryl methyl sites for hydroxylation is 1. The summed E-state index contributed by atoms with van der Waals surface area (Å²) in [5, 5.41) is 3.85. The van der Waals surface area contributed by atoms with Gasteiger partial charge >= 0.3 is 0 Å². The number of hydrogen-bond donors (Lipinski definition) is 1. The van der Waals surface area contributed by atoms with Gasteiger partial charge in [0.25, 0.3) is 0 Å². The van der Waals surface area contributed by atoms with E-state index in [2.05, 4.69) is 27.1 Å². The van der Waals surface area contributed by atoms with Crippen LogP contribution >= 0.6 is 24.0 Å². The van der Waals surface area contributed by atoms with Crippen molar-refractivity contribution in [2.75, 3.05) is 24.5 Å². The van der Waals surface area contributed by atoms with Gasteiger partial charge in [0.1, 0.15) is 5.15 Å². The van der Waals surface area contributed by atoms with E-state index in [0.717, 1.165) is 31.3 Å². The molecule has 1 aromatic heterocycles. The van der Waals surface area contributed by atoms with Gasteiger partial charge in [0.2, 0.25) is 5.95 Å². The van der Waals surface area contributed by atoms with Crippen molar-refractivity contribution in [2.45, 2.75) is 19.9 Å². The number of nitrogens with zero attached hydrogens (tertiary/aromatic N) is 3. The van der Waals surface area contributed by atoms with Gasteiger partial charge in [-0.25, -0.2) is 9.97 Å². The number of hydrogen-bond acceptors (Lipinski definition) is 4. The maximum Gasteiger partial charge on any atom is 0.227 e. The Morgan fingerprint density at radius 2 is 2.25 bits per heavy atom. The summed E-state index contributed by atoms with van der Waals surface area (Å²) < 4.78 is 0. The van der Waals surface area contributed by atoms with E-state index < -0.39 is 0 Å². The average Bonchev–Trinajstić information content (AvgIpc) is 2.16. The van der Waals surface area contributed by atoms with Gasteiger partial charge in [0, 0.05) is 31.4 Å². The van der Waals surface area contributed by atoms with E-state index >= 15 is 0 Å². The van der Waals surface area contributed by atoms with Crippen LogP contribution in [-0.4, -0.2) is 35.6 Å². The van der Waals surface area contributed by atoms with Crippen LogP contribution in [-0.2, 0) is 0 Å². The highest BCUT2D eigenvalue weighted by Gasteiger charge is 2.20. The second kappa shape index (κ2) is 5.66. The van der Waals surface area contributed by atoms with Gasteiger partial charge in [0.05, 0.1) is 0 Å². The Balaban J connectivity index is 0.00000128. The molecule has 0 aliphatic carbocycles. The molecular weight excluding hydrogens is 247 g/mol. The van der Waals surface area contributed by atoms with Gasteiger partial charge in [0.15, 0.2) is 0 Å². The minimum absolute atomic E-state index is 0. The van der Waals surface area contributed by atoms with Crippen LogP contribution in [0.3, 0.4) is 0 Å². The maximum absolute atomic E-state index is 5.92. The topological polar surface area (TPSA) is 41.1 Å². The normalized spacial score (nSPS) is 20.4. The first-order valence-corrected chi connectivity index (χ1v) is 5.53. The minimum Gasteiger partial charge on any atom is -0.336 e. The number of anilines is 1. The zero-order valence-electron chi connectivity index (χ0n) is 9.40. The lowest BCUT2D eigenvalue weighted by Gasteiger charge is -2.34. The van der Waals surface area contributed by atoms with Gasteiger partial charge in [-0.1, -0.05) is 11.6 Å². The number of piperazine rings is 1. The second-order valence-electron chi connectivity index (χ2n) is 3.88. The van der Waals surface area contributed by atoms with Gasteiger partial charge in [-0.05, 0) is 19.9 Å². The van der Waals surface area contributed by atoms with Crippen LogP contribution in [0.15, 0.2) is 6.07 Å². The van der Waals surface area contributed by atoms with E-state index in [-0.39, 0.29) is 12.4 Å². The molecule has 1 atom stereocenters.